The average Bonchev–Trinajstić information content (AvgIpc) is 2.97. The molecule has 0 bridgehead atoms. The summed E-state index contributed by atoms with van der Waals surface area (Å²) in [7, 11) is 0. The number of carbonyl (C=O) groups excluding carboxylic acids is 3. The topological polar surface area (TPSA) is 84.9 Å². The smallest absolute Gasteiger partial charge is 0.344 e. The van der Waals surface area contributed by atoms with E-state index in [4.69, 9.17) is 9.47 Å². The second kappa shape index (κ2) is 7.55. The number of rotatable bonds is 5. The van der Waals surface area contributed by atoms with Crippen LogP contribution in [0.2, 0.25) is 0 Å². The van der Waals surface area contributed by atoms with Crippen molar-refractivity contribution in [1.82, 2.24) is 10.2 Å². The first-order valence-electron chi connectivity index (χ1n) is 8.21. The molecule has 136 valence electrons. The van der Waals surface area contributed by atoms with Gasteiger partial charge in [-0.2, -0.15) is 0 Å². The third-order valence-electron chi connectivity index (χ3n) is 3.82. The third kappa shape index (κ3) is 4.71. The quantitative estimate of drug-likeness (QED) is 0.821. The molecule has 1 aliphatic heterocycles. The Hall–Kier alpha value is -2.57. The van der Waals surface area contributed by atoms with Gasteiger partial charge in [-0.3, -0.25) is 9.69 Å². The molecule has 0 saturated carbocycles. The van der Waals surface area contributed by atoms with Crippen molar-refractivity contribution in [3.8, 4) is 5.75 Å². The first-order valence-corrected chi connectivity index (χ1v) is 8.21. The normalized spacial score (nSPS) is 15.5. The lowest BCUT2D eigenvalue weighted by molar-refractivity contribution is -0.159. The fourth-order valence-electron chi connectivity index (χ4n) is 2.53. The highest BCUT2D eigenvalue weighted by Crippen LogP contribution is 2.30. The van der Waals surface area contributed by atoms with Crippen molar-refractivity contribution in [2.24, 2.45) is 0 Å². The van der Waals surface area contributed by atoms with Gasteiger partial charge >= 0.3 is 12.0 Å². The second-order valence-electron chi connectivity index (χ2n) is 6.89. The van der Waals surface area contributed by atoms with Crippen molar-refractivity contribution >= 4 is 17.9 Å². The molecule has 1 atom stereocenters. The molecule has 25 heavy (non-hydrogen) atoms. The number of imide groups is 1. The van der Waals surface area contributed by atoms with Crippen LogP contribution in [-0.4, -0.2) is 48.6 Å². The average molecular weight is 348 g/mol. The first kappa shape index (κ1) is 18.8. The van der Waals surface area contributed by atoms with Crippen LogP contribution in [0.4, 0.5) is 4.79 Å². The molecule has 3 amide bonds. The van der Waals surface area contributed by atoms with Gasteiger partial charge in [-0.05, 0) is 24.0 Å². The van der Waals surface area contributed by atoms with Crippen LogP contribution in [0.25, 0.3) is 0 Å². The van der Waals surface area contributed by atoms with Gasteiger partial charge in [0.1, 0.15) is 5.75 Å². The fourth-order valence-corrected chi connectivity index (χ4v) is 2.53. The van der Waals surface area contributed by atoms with E-state index in [9.17, 15) is 14.4 Å². The minimum Gasteiger partial charge on any atom is -0.482 e. The van der Waals surface area contributed by atoms with Crippen LogP contribution in [0, 0.1) is 0 Å². The maximum atomic E-state index is 12.1. The lowest BCUT2D eigenvalue weighted by Gasteiger charge is -2.23. The summed E-state index contributed by atoms with van der Waals surface area (Å²) in [5.74, 6) is -0.604. The number of nitrogens with zero attached hydrogens (tertiary/aromatic N) is 1. The highest BCUT2D eigenvalue weighted by molar-refractivity contribution is 5.98. The molecule has 1 aromatic rings. The lowest BCUT2D eigenvalue weighted by atomic mass is 9.86. The number of para-hydroxylation sites is 1. The van der Waals surface area contributed by atoms with Crippen molar-refractivity contribution < 1.29 is 23.9 Å². The first-order chi connectivity index (χ1) is 11.7. The summed E-state index contributed by atoms with van der Waals surface area (Å²) in [5.41, 5.74) is 0.841. The number of amides is 3. The number of esters is 1. The Bertz CT molecular complexity index is 666. The Balaban J connectivity index is 1.91. The van der Waals surface area contributed by atoms with Gasteiger partial charge in [-0.15, -0.1) is 0 Å². The van der Waals surface area contributed by atoms with E-state index >= 15 is 0 Å². The van der Waals surface area contributed by atoms with Crippen molar-refractivity contribution in [2.45, 2.75) is 39.2 Å². The standard InChI is InChI=1S/C18H24N2O5/c1-12(16(22)20-10-9-19-17(20)23)25-15(21)11-24-14-8-6-5-7-13(14)18(2,3)4/h5-8,12H,9-11H2,1-4H3,(H,19,23)/t12-/m1/s1. The monoisotopic (exact) mass is 348 g/mol. The molecule has 1 fully saturated rings. The highest BCUT2D eigenvalue weighted by atomic mass is 16.6. The largest absolute Gasteiger partial charge is 0.482 e. The lowest BCUT2D eigenvalue weighted by Crippen LogP contribution is -2.42. The van der Waals surface area contributed by atoms with Gasteiger partial charge in [0.2, 0.25) is 0 Å². The van der Waals surface area contributed by atoms with Gasteiger partial charge in [-0.1, -0.05) is 39.0 Å². The molecule has 1 heterocycles. The van der Waals surface area contributed by atoms with Crippen LogP contribution in [0.15, 0.2) is 24.3 Å². The highest BCUT2D eigenvalue weighted by Gasteiger charge is 2.31. The van der Waals surface area contributed by atoms with Gasteiger partial charge in [0.25, 0.3) is 5.91 Å². The summed E-state index contributed by atoms with van der Waals surface area (Å²) in [6, 6.07) is 7.00. The molecule has 1 aromatic carbocycles. The Morgan fingerprint density at radius 2 is 1.96 bits per heavy atom. The molecule has 7 nitrogen and oxygen atoms in total. The number of benzene rings is 1. The van der Waals surface area contributed by atoms with Gasteiger partial charge in [-0.25, -0.2) is 9.59 Å². The molecule has 0 radical (unpaired) electrons. The van der Waals surface area contributed by atoms with Crippen LogP contribution in [0.3, 0.4) is 0 Å². The SMILES string of the molecule is C[C@@H](OC(=O)COc1ccccc1C(C)(C)C)C(=O)N1CCNC1=O. The summed E-state index contributed by atoms with van der Waals surface area (Å²) in [5, 5.41) is 2.53. The van der Waals surface area contributed by atoms with Crippen molar-refractivity contribution in [2.75, 3.05) is 19.7 Å². The van der Waals surface area contributed by atoms with Crippen LogP contribution < -0.4 is 10.1 Å². The number of ether oxygens (including phenoxy) is 2. The third-order valence-corrected chi connectivity index (χ3v) is 3.82. The Morgan fingerprint density at radius 1 is 1.28 bits per heavy atom. The predicted octanol–water partition coefficient (Wildman–Crippen LogP) is 1.85. The van der Waals surface area contributed by atoms with E-state index in [2.05, 4.69) is 26.1 Å². The summed E-state index contributed by atoms with van der Waals surface area (Å²) in [6.07, 6.45) is -1.04. The molecular formula is C18H24N2O5. The Labute approximate surface area is 147 Å². The zero-order valence-electron chi connectivity index (χ0n) is 15.0. The molecule has 2 rings (SSSR count). The zero-order chi connectivity index (χ0) is 18.6. The summed E-state index contributed by atoms with van der Waals surface area (Å²) >= 11 is 0. The molecule has 0 spiro atoms. The van der Waals surface area contributed by atoms with E-state index < -0.39 is 24.0 Å². The number of nitrogens with one attached hydrogen (secondary N) is 1. The van der Waals surface area contributed by atoms with Crippen LogP contribution >= 0.6 is 0 Å². The van der Waals surface area contributed by atoms with Crippen molar-refractivity contribution in [3.63, 3.8) is 0 Å². The van der Waals surface area contributed by atoms with Crippen LogP contribution in [-0.2, 0) is 19.7 Å². The van der Waals surface area contributed by atoms with E-state index in [1.807, 2.05) is 18.2 Å². The van der Waals surface area contributed by atoms with Crippen LogP contribution in [0.5, 0.6) is 5.75 Å². The number of carbonyl (C=O) groups is 3. The minimum absolute atomic E-state index is 0.132. The number of hydrogen-bond acceptors (Lipinski definition) is 5. The number of urea groups is 1. The molecule has 7 heteroatoms. The molecule has 0 aliphatic carbocycles. The fraction of sp³-hybridized carbons (Fsp3) is 0.500. The second-order valence-corrected chi connectivity index (χ2v) is 6.89. The van der Waals surface area contributed by atoms with E-state index in [1.165, 1.54) is 6.92 Å². The maximum Gasteiger partial charge on any atom is 0.344 e. The predicted molar refractivity (Wildman–Crippen MR) is 91.3 cm³/mol. The minimum atomic E-state index is -1.04. The van der Waals surface area contributed by atoms with Crippen molar-refractivity contribution in [1.29, 1.82) is 0 Å². The molecule has 1 aliphatic rings. The van der Waals surface area contributed by atoms with E-state index in [0.29, 0.717) is 12.3 Å². The van der Waals surface area contributed by atoms with Gasteiger partial charge in [0.15, 0.2) is 12.7 Å². The summed E-state index contributed by atoms with van der Waals surface area (Å²) < 4.78 is 10.7. The Morgan fingerprint density at radius 3 is 2.56 bits per heavy atom. The van der Waals surface area contributed by atoms with E-state index in [1.54, 1.807) is 6.07 Å². The van der Waals surface area contributed by atoms with Gasteiger partial charge in [0.05, 0.1) is 0 Å². The molecule has 1 N–H and O–H groups in total. The van der Waals surface area contributed by atoms with E-state index in [-0.39, 0.29) is 18.6 Å². The summed E-state index contributed by atoms with van der Waals surface area (Å²) in [6.45, 7) is 7.96. The molecule has 0 unspecified atom stereocenters. The maximum absolute atomic E-state index is 12.1. The molecule has 1 saturated heterocycles. The Kier molecular flexibility index (Phi) is 5.66. The van der Waals surface area contributed by atoms with Crippen molar-refractivity contribution in [3.05, 3.63) is 29.8 Å². The molecular weight excluding hydrogens is 324 g/mol. The zero-order valence-corrected chi connectivity index (χ0v) is 15.0. The van der Waals surface area contributed by atoms with E-state index in [0.717, 1.165) is 10.5 Å². The van der Waals surface area contributed by atoms with Crippen LogP contribution in [0.1, 0.15) is 33.3 Å². The molecule has 0 aromatic heterocycles. The van der Waals surface area contributed by atoms with Gasteiger partial charge in [0, 0.05) is 13.1 Å². The summed E-state index contributed by atoms with van der Waals surface area (Å²) in [4.78, 5) is 36.6. The number of hydrogen-bond donors (Lipinski definition) is 1. The van der Waals surface area contributed by atoms with Gasteiger partial charge < -0.3 is 14.8 Å².